The number of methoxy groups -OCH3 is 1. The molecule has 3 heterocycles. The molecule has 16 nitrogen and oxygen atoms in total. The summed E-state index contributed by atoms with van der Waals surface area (Å²) in [6.07, 6.45) is 12.7. The van der Waals surface area contributed by atoms with Crippen molar-refractivity contribution >= 4 is 62.9 Å². The number of hydrogen-bond acceptors (Lipinski definition) is 15. The van der Waals surface area contributed by atoms with E-state index in [-0.39, 0.29) is 58.8 Å². The first-order valence-corrected chi connectivity index (χ1v) is 22.7. The molecule has 62 heavy (non-hydrogen) atoms. The molecule has 19 heteroatoms. The average Bonchev–Trinajstić information content (AvgIpc) is 3.75. The van der Waals surface area contributed by atoms with Crippen LogP contribution >= 0.6 is 21.6 Å². The van der Waals surface area contributed by atoms with Crippen LogP contribution in [0.3, 0.4) is 0 Å². The molecule has 0 atom stereocenters. The first kappa shape index (κ1) is 54.1. The van der Waals surface area contributed by atoms with Gasteiger partial charge in [0.2, 0.25) is 17.7 Å². The quantitative estimate of drug-likeness (QED) is 0.0259. The molecule has 6 rings (SSSR count). The van der Waals surface area contributed by atoms with Gasteiger partial charge >= 0.3 is 29.6 Å². The molecule has 1 saturated carbocycles. The van der Waals surface area contributed by atoms with E-state index >= 15 is 0 Å². The van der Waals surface area contributed by atoms with Gasteiger partial charge in [-0.1, -0.05) is 53.0 Å². The third kappa shape index (κ3) is 20.0. The van der Waals surface area contributed by atoms with Crippen molar-refractivity contribution in [1.82, 2.24) is 25.3 Å². The van der Waals surface area contributed by atoms with Crippen molar-refractivity contribution in [2.45, 2.75) is 57.4 Å². The van der Waals surface area contributed by atoms with E-state index in [0.717, 1.165) is 31.2 Å². The maximum absolute atomic E-state index is 12.9. The van der Waals surface area contributed by atoms with E-state index in [9.17, 15) is 19.2 Å². The minimum atomic E-state index is -0.138. The number of piperidine rings is 1. The number of benzene rings is 2. The molecule has 3 aliphatic rings. The molecule has 0 unspecified atom stereocenters. The Balaban J connectivity index is 0.000000381. The van der Waals surface area contributed by atoms with Gasteiger partial charge in [-0.15, -0.1) is 12.1 Å². The molecule has 1 aromatic heterocycles. The monoisotopic (exact) mass is 902 g/mol. The van der Waals surface area contributed by atoms with E-state index in [2.05, 4.69) is 33.6 Å². The van der Waals surface area contributed by atoms with Crippen LogP contribution in [0.1, 0.15) is 56.9 Å². The van der Waals surface area contributed by atoms with Crippen LogP contribution in [0, 0.1) is 13.0 Å². The van der Waals surface area contributed by atoms with Crippen LogP contribution in [-0.2, 0) is 23.9 Å². The fourth-order valence-corrected chi connectivity index (χ4v) is 8.24. The molecule has 2 aromatic carbocycles. The smallest absolute Gasteiger partial charge is 0.551 e. The van der Waals surface area contributed by atoms with E-state index in [4.69, 9.17) is 31.4 Å². The zero-order valence-electron chi connectivity index (χ0n) is 36.2. The van der Waals surface area contributed by atoms with Crippen molar-refractivity contribution in [2.75, 3.05) is 70.0 Å². The van der Waals surface area contributed by atoms with Crippen LogP contribution in [0.25, 0.3) is 11.4 Å². The molecule has 3 fully saturated rings. The van der Waals surface area contributed by atoms with Crippen LogP contribution < -0.4 is 71.8 Å². The van der Waals surface area contributed by atoms with E-state index in [0.29, 0.717) is 74.2 Å². The Bertz CT molecular complexity index is 1820. The van der Waals surface area contributed by atoms with Gasteiger partial charge in [0.05, 0.1) is 31.2 Å². The molecule has 334 valence electrons. The van der Waals surface area contributed by atoms with Gasteiger partial charge in [0.1, 0.15) is 17.3 Å². The molecule has 2 saturated heterocycles. The van der Waals surface area contributed by atoms with Crippen LogP contribution in [0.15, 0.2) is 72.8 Å². The molecule has 2 aliphatic heterocycles. The van der Waals surface area contributed by atoms with E-state index in [1.165, 1.54) is 42.5 Å². The van der Waals surface area contributed by atoms with E-state index in [1.807, 2.05) is 52.9 Å². The zero-order chi connectivity index (χ0) is 44.2. The second-order valence-electron chi connectivity index (χ2n) is 13.7. The summed E-state index contributed by atoms with van der Waals surface area (Å²) in [5.41, 5.74) is 19.9. The number of nitrogens with two attached hydrogens (primary N) is 3. The maximum atomic E-state index is 12.9. The first-order valence-electron chi connectivity index (χ1n) is 20.2. The number of hydrogen-bond donors (Lipinski definition) is 5. The van der Waals surface area contributed by atoms with Crippen molar-refractivity contribution < 1.29 is 62.9 Å². The summed E-state index contributed by atoms with van der Waals surface area (Å²) in [7, 11) is 7.47. The Morgan fingerprint density at radius 3 is 2.31 bits per heavy atom. The summed E-state index contributed by atoms with van der Waals surface area (Å²) >= 11 is 0. The predicted molar refractivity (Wildman–Crippen MR) is 244 cm³/mol. The normalized spacial score (nSPS) is 15.5. The van der Waals surface area contributed by atoms with Crippen molar-refractivity contribution in [3.05, 3.63) is 91.4 Å². The number of allylic oxidation sites excluding steroid dienone is 2. The van der Waals surface area contributed by atoms with Crippen molar-refractivity contribution in [3.63, 3.8) is 0 Å². The van der Waals surface area contributed by atoms with E-state index < -0.39 is 0 Å². The third-order valence-corrected chi connectivity index (χ3v) is 11.7. The van der Waals surface area contributed by atoms with Gasteiger partial charge in [-0.05, 0) is 51.1 Å². The average molecular weight is 903 g/mol. The van der Waals surface area contributed by atoms with Crippen LogP contribution in [0.5, 0.6) is 11.5 Å². The first-order chi connectivity index (χ1) is 29.6. The number of nitrogens with one attached hydrogen (secondary N) is 2. The summed E-state index contributed by atoms with van der Waals surface area (Å²) in [5.74, 6) is 3.10. The minimum Gasteiger partial charge on any atom is -0.551 e. The molecular weight excluding hydrogens is 842 g/mol. The predicted octanol–water partition coefficient (Wildman–Crippen LogP) is 1.19. The number of carbonyl (C=O) groups excluding carboxylic acids is 4. The van der Waals surface area contributed by atoms with Crippen LogP contribution in [0.2, 0.25) is 0 Å². The third-order valence-electron chi connectivity index (χ3n) is 9.34. The second-order valence-corrected chi connectivity index (χ2v) is 16.4. The molecule has 8 N–H and O–H groups in total. The largest absolute Gasteiger partial charge is 1.00 e. The molecule has 0 radical (unpaired) electrons. The molecule has 0 spiro atoms. The number of amides is 3. The number of imide groups is 1. The van der Waals surface area contributed by atoms with Gasteiger partial charge in [-0.2, -0.15) is 23.3 Å². The van der Waals surface area contributed by atoms with Gasteiger partial charge in [0, 0.05) is 74.1 Å². The van der Waals surface area contributed by atoms with Crippen LogP contribution in [0.4, 0.5) is 5.69 Å². The minimum absolute atomic E-state index is 0. The SMILES string of the molecule is CNCCSSCCOC.NC(N)=C(/C=C(\N)c1ccccc1OC=O)n1cc(N2CCN(C3CCCCC3)CC2=O)cn1.O=C1CCCC(=O)N1.[CH2-]COc1[c-]cccc1.[Na+]. The number of aromatic nitrogens is 2. The standard InChI is InChI=1S/C24H31N7O3.C8H8O.C6H15NOS2.C5H7NO2.Na/c25-20(19-8-4-5-9-22(19)34-16-32)12-21(24(26)27)31-14-18(13-28-31)30-11-10-29(15-23(30)33)17-6-2-1-3-7-17;1-2-9-8-6-4-3-5-7-8;1-7-3-5-9-10-6-4-8-2;7-4-2-1-3-5(8)6-4;/h4-5,8-9,12-14,16-17H,1-3,6-7,10-11,15,25-27H2;3-6H,1-2H2;7H,3-6H2,1-2H3;1-3H2,(H,6,7,8);/q;-2;;;+1/b20-12-;;;;. The number of carbonyl (C=O) groups is 4. The summed E-state index contributed by atoms with van der Waals surface area (Å²) in [4.78, 5) is 48.5. The van der Waals surface area contributed by atoms with Crippen LogP contribution in [-0.4, -0.2) is 110 Å². The molecule has 1 aliphatic carbocycles. The van der Waals surface area contributed by atoms with Crippen molar-refractivity contribution in [1.29, 1.82) is 0 Å². The number of nitrogens with zero attached hydrogens (tertiary/aromatic N) is 4. The number of ether oxygens (including phenoxy) is 3. The molecule has 3 amide bonds. The van der Waals surface area contributed by atoms with Crippen molar-refractivity contribution in [3.8, 4) is 11.5 Å². The summed E-state index contributed by atoms with van der Waals surface area (Å²) in [6, 6.07) is 17.7. The van der Waals surface area contributed by atoms with Gasteiger partial charge in [-0.3, -0.25) is 29.4 Å². The van der Waals surface area contributed by atoms with Gasteiger partial charge in [-0.25, -0.2) is 4.68 Å². The summed E-state index contributed by atoms with van der Waals surface area (Å²) in [5, 5.41) is 9.66. The Labute approximate surface area is 396 Å². The Kier molecular flexibility index (Phi) is 27.7. The van der Waals surface area contributed by atoms with Gasteiger partial charge in [0.25, 0.3) is 6.47 Å². The molecular formula is C43H61N9NaO7S2-. The summed E-state index contributed by atoms with van der Waals surface area (Å²) < 4.78 is 16.4. The molecule has 0 bridgehead atoms. The van der Waals surface area contributed by atoms with Crippen molar-refractivity contribution in [2.24, 2.45) is 17.2 Å². The zero-order valence-corrected chi connectivity index (χ0v) is 39.9. The number of rotatable bonds is 16. The Hall–Kier alpha value is -4.01. The number of anilines is 1. The summed E-state index contributed by atoms with van der Waals surface area (Å²) in [6.45, 7) is 8.14. The number of piperazine rings is 1. The van der Waals surface area contributed by atoms with Gasteiger partial charge in [0.15, 0.2) is 0 Å². The maximum Gasteiger partial charge on any atom is 1.00 e. The topological polar surface area (TPSA) is 222 Å². The Morgan fingerprint density at radius 1 is 1.00 bits per heavy atom. The van der Waals surface area contributed by atoms with E-state index in [1.54, 1.807) is 54.7 Å². The fourth-order valence-electron chi connectivity index (χ4n) is 6.32. The fraction of sp³-hybridized carbons (Fsp3) is 0.442. The molecule has 3 aromatic rings. The number of para-hydroxylation sites is 2. The second kappa shape index (κ2) is 31.8. The van der Waals surface area contributed by atoms with Gasteiger partial charge < -0.3 is 48.6 Å². The Morgan fingerprint density at radius 2 is 1.71 bits per heavy atom.